The van der Waals surface area contributed by atoms with Crippen LogP contribution in [0.4, 0.5) is 10.2 Å². The first-order chi connectivity index (χ1) is 14.4. The highest BCUT2D eigenvalue weighted by atomic mass is 19.1. The number of nitrogens with two attached hydrogens (primary N) is 2. The predicted molar refractivity (Wildman–Crippen MR) is 103 cm³/mol. The van der Waals surface area contributed by atoms with Crippen molar-refractivity contribution in [3.8, 4) is 11.5 Å². The van der Waals surface area contributed by atoms with Crippen LogP contribution >= 0.6 is 0 Å². The number of nitrogens with one attached hydrogen (secondary N) is 1. The van der Waals surface area contributed by atoms with Crippen LogP contribution in [0.3, 0.4) is 0 Å². The average Bonchev–Trinajstić information content (AvgIpc) is 3.16. The Kier molecular flexibility index (Phi) is 4.72. The number of hydrogen-bond donors (Lipinski definition) is 3. The highest BCUT2D eigenvalue weighted by molar-refractivity contribution is 5.95. The van der Waals surface area contributed by atoms with Gasteiger partial charge in [0.05, 0.1) is 5.52 Å². The van der Waals surface area contributed by atoms with Crippen LogP contribution in [0.5, 0.6) is 0 Å². The van der Waals surface area contributed by atoms with E-state index in [4.69, 9.17) is 11.5 Å². The van der Waals surface area contributed by atoms with Crippen molar-refractivity contribution in [2.45, 2.75) is 6.54 Å². The van der Waals surface area contributed by atoms with Crippen LogP contribution < -0.4 is 16.8 Å². The van der Waals surface area contributed by atoms with E-state index in [-0.39, 0.29) is 35.3 Å². The fourth-order valence-corrected chi connectivity index (χ4v) is 2.81. The summed E-state index contributed by atoms with van der Waals surface area (Å²) >= 11 is 0. The Bertz CT molecular complexity index is 1290. The fourth-order valence-electron chi connectivity index (χ4n) is 2.81. The van der Waals surface area contributed by atoms with Crippen molar-refractivity contribution in [1.82, 2.24) is 30.0 Å². The summed E-state index contributed by atoms with van der Waals surface area (Å²) < 4.78 is 14.7. The molecule has 0 bridgehead atoms. The molecule has 0 saturated heterocycles. The molecule has 0 aliphatic heterocycles. The van der Waals surface area contributed by atoms with Gasteiger partial charge in [-0.2, -0.15) is 0 Å². The Balaban J connectivity index is 1.74. The summed E-state index contributed by atoms with van der Waals surface area (Å²) in [6, 6.07) is 10.7. The van der Waals surface area contributed by atoms with E-state index in [2.05, 4.69) is 30.8 Å². The molecular formula is C18H14FN9O2. The van der Waals surface area contributed by atoms with E-state index in [1.807, 2.05) is 0 Å². The van der Waals surface area contributed by atoms with Gasteiger partial charge >= 0.3 is 0 Å². The topological polar surface area (TPSA) is 167 Å². The number of fused-ring (bicyclic) bond motifs is 1. The second kappa shape index (κ2) is 7.50. The number of halogens is 1. The van der Waals surface area contributed by atoms with Crippen LogP contribution in [0.2, 0.25) is 0 Å². The largest absolute Gasteiger partial charge is 0.364 e. The van der Waals surface area contributed by atoms with E-state index in [0.29, 0.717) is 11.1 Å². The van der Waals surface area contributed by atoms with E-state index in [1.165, 1.54) is 22.7 Å². The first-order valence-corrected chi connectivity index (χ1v) is 8.61. The van der Waals surface area contributed by atoms with E-state index >= 15 is 0 Å². The van der Waals surface area contributed by atoms with Gasteiger partial charge in [-0.15, -0.1) is 15.3 Å². The maximum absolute atomic E-state index is 13.4. The third kappa shape index (κ3) is 3.48. The molecule has 4 rings (SSSR count). The lowest BCUT2D eigenvalue weighted by atomic mass is 10.2. The SMILES string of the molecule is NC(=O)c1nnc(-c2nnn3c(C(N)=O)cccc23)nc1NCc1cccc(F)c1. The highest BCUT2D eigenvalue weighted by Crippen LogP contribution is 2.21. The van der Waals surface area contributed by atoms with Crippen molar-refractivity contribution in [3.63, 3.8) is 0 Å². The minimum atomic E-state index is -0.841. The van der Waals surface area contributed by atoms with Gasteiger partial charge in [0.25, 0.3) is 11.8 Å². The van der Waals surface area contributed by atoms with Crippen molar-refractivity contribution in [3.05, 3.63) is 65.2 Å². The molecule has 2 amide bonds. The zero-order valence-electron chi connectivity index (χ0n) is 15.3. The van der Waals surface area contributed by atoms with Gasteiger partial charge in [0.2, 0.25) is 5.82 Å². The molecule has 5 N–H and O–H groups in total. The van der Waals surface area contributed by atoms with Gasteiger partial charge in [-0.05, 0) is 29.8 Å². The summed E-state index contributed by atoms with van der Waals surface area (Å²) in [4.78, 5) is 27.6. The van der Waals surface area contributed by atoms with Crippen molar-refractivity contribution < 1.29 is 14.0 Å². The van der Waals surface area contributed by atoms with Crippen molar-refractivity contribution in [2.75, 3.05) is 5.32 Å². The van der Waals surface area contributed by atoms with Gasteiger partial charge in [-0.25, -0.2) is 13.9 Å². The first-order valence-electron chi connectivity index (χ1n) is 8.61. The third-order valence-corrected chi connectivity index (χ3v) is 4.17. The van der Waals surface area contributed by atoms with E-state index < -0.39 is 17.6 Å². The molecular weight excluding hydrogens is 393 g/mol. The molecule has 4 aromatic rings. The minimum Gasteiger partial charge on any atom is -0.364 e. The summed E-state index contributed by atoms with van der Waals surface area (Å²) in [6.45, 7) is 0.157. The second-order valence-electron chi connectivity index (χ2n) is 6.19. The lowest BCUT2D eigenvalue weighted by Gasteiger charge is -2.09. The smallest absolute Gasteiger partial charge is 0.273 e. The molecule has 3 heterocycles. The van der Waals surface area contributed by atoms with Crippen LogP contribution in [0.1, 0.15) is 26.5 Å². The highest BCUT2D eigenvalue weighted by Gasteiger charge is 2.20. The van der Waals surface area contributed by atoms with Crippen molar-refractivity contribution >= 4 is 23.1 Å². The number of nitrogens with zero attached hydrogens (tertiary/aromatic N) is 6. The molecule has 0 fully saturated rings. The Morgan fingerprint density at radius 3 is 2.57 bits per heavy atom. The van der Waals surface area contributed by atoms with E-state index in [0.717, 1.165) is 0 Å². The summed E-state index contributed by atoms with van der Waals surface area (Å²) in [5.41, 5.74) is 11.9. The number of carbonyl (C=O) groups excluding carboxylic acids is 2. The van der Waals surface area contributed by atoms with Crippen LogP contribution in [-0.2, 0) is 6.54 Å². The molecule has 11 nitrogen and oxygen atoms in total. The Morgan fingerprint density at radius 2 is 1.83 bits per heavy atom. The molecule has 0 atom stereocenters. The normalized spacial score (nSPS) is 10.8. The van der Waals surface area contributed by atoms with Gasteiger partial charge in [0.15, 0.2) is 17.2 Å². The summed E-state index contributed by atoms with van der Waals surface area (Å²) in [7, 11) is 0. The van der Waals surface area contributed by atoms with Crippen molar-refractivity contribution in [2.24, 2.45) is 11.5 Å². The average molecular weight is 407 g/mol. The summed E-state index contributed by atoms with van der Waals surface area (Å²) in [5.74, 6) is -1.83. The van der Waals surface area contributed by atoms with Gasteiger partial charge < -0.3 is 16.8 Å². The molecule has 0 unspecified atom stereocenters. The lowest BCUT2D eigenvalue weighted by Crippen LogP contribution is -2.19. The molecule has 0 radical (unpaired) electrons. The standard InChI is InChI=1S/C18H14FN9O2/c19-10-4-1-3-9(7-10)8-22-17-14(16(21)30)24-26-18(23-17)13-11-5-2-6-12(15(20)29)28(11)27-25-13/h1-7H,8H2,(H2,20,29)(H2,21,30)(H,22,23,26). The molecule has 1 aromatic carbocycles. The number of pyridine rings is 1. The lowest BCUT2D eigenvalue weighted by molar-refractivity contribution is 0.0985. The molecule has 30 heavy (non-hydrogen) atoms. The Morgan fingerprint density at radius 1 is 1.03 bits per heavy atom. The first kappa shape index (κ1) is 18.9. The number of aromatic nitrogens is 6. The minimum absolute atomic E-state index is 0.0402. The van der Waals surface area contributed by atoms with Gasteiger partial charge in [-0.3, -0.25) is 9.59 Å². The quantitative estimate of drug-likeness (QED) is 0.416. The molecule has 150 valence electrons. The molecule has 0 aliphatic carbocycles. The van der Waals surface area contributed by atoms with E-state index in [1.54, 1.807) is 24.3 Å². The van der Waals surface area contributed by atoms with Gasteiger partial charge in [0, 0.05) is 6.54 Å². The molecule has 12 heteroatoms. The summed E-state index contributed by atoms with van der Waals surface area (Å²) in [6.07, 6.45) is 0. The predicted octanol–water partition coefficient (Wildman–Crippen LogP) is 0.530. The Labute approximate surface area is 167 Å². The fraction of sp³-hybridized carbons (Fsp3) is 0.0556. The zero-order valence-corrected chi connectivity index (χ0v) is 15.3. The van der Waals surface area contributed by atoms with Gasteiger partial charge in [0.1, 0.15) is 11.5 Å². The Hall–Kier alpha value is -4.48. The third-order valence-electron chi connectivity index (χ3n) is 4.17. The van der Waals surface area contributed by atoms with Crippen LogP contribution in [-0.4, -0.2) is 41.8 Å². The van der Waals surface area contributed by atoms with E-state index in [9.17, 15) is 14.0 Å². The van der Waals surface area contributed by atoms with Gasteiger partial charge in [-0.1, -0.05) is 23.4 Å². The van der Waals surface area contributed by atoms with Crippen LogP contribution in [0, 0.1) is 5.82 Å². The molecule has 0 spiro atoms. The van der Waals surface area contributed by atoms with Crippen LogP contribution in [0.25, 0.3) is 17.0 Å². The zero-order chi connectivity index (χ0) is 21.3. The van der Waals surface area contributed by atoms with Crippen molar-refractivity contribution in [1.29, 1.82) is 0 Å². The number of primary amides is 2. The second-order valence-corrected chi connectivity index (χ2v) is 6.19. The number of rotatable bonds is 6. The molecule has 0 saturated carbocycles. The maximum atomic E-state index is 13.4. The molecule has 0 aliphatic rings. The number of amides is 2. The number of hydrogen-bond acceptors (Lipinski definition) is 8. The summed E-state index contributed by atoms with van der Waals surface area (Å²) in [5, 5.41) is 18.6. The maximum Gasteiger partial charge on any atom is 0.273 e. The number of carbonyl (C=O) groups is 2. The number of anilines is 1. The monoisotopic (exact) mass is 407 g/mol. The molecule has 3 aromatic heterocycles. The number of benzene rings is 1. The van der Waals surface area contributed by atoms with Crippen LogP contribution in [0.15, 0.2) is 42.5 Å².